The molecule has 0 aromatic heterocycles. The number of phenols is 1. The minimum atomic E-state index is 0.0836. The van der Waals surface area contributed by atoms with Gasteiger partial charge in [0.1, 0.15) is 5.75 Å². The largest absolute Gasteiger partial charge is 0.508 e. The van der Waals surface area contributed by atoms with E-state index in [-0.39, 0.29) is 11.5 Å². The number of carbonyl (C=O) groups is 1. The predicted molar refractivity (Wildman–Crippen MR) is 73.1 cm³/mol. The molecule has 0 spiro atoms. The van der Waals surface area contributed by atoms with E-state index in [1.165, 1.54) is 11.1 Å². The van der Waals surface area contributed by atoms with Crippen LogP contribution in [0.1, 0.15) is 27.0 Å². The molecule has 0 bridgehead atoms. The highest BCUT2D eigenvalue weighted by Gasteiger charge is 2.13. The number of rotatable bonds is 3. The molecule has 96 valence electrons. The molecular weight excluding hydrogens is 238 g/mol. The second-order valence-electron chi connectivity index (χ2n) is 4.86. The number of phenolic OH excluding ortho intramolecular Hbond substituents is 1. The van der Waals surface area contributed by atoms with Crippen molar-refractivity contribution in [3.63, 3.8) is 0 Å². The molecule has 0 amide bonds. The Hall–Kier alpha value is -2.13. The fourth-order valence-corrected chi connectivity index (χ4v) is 2.42. The normalized spacial score (nSPS) is 13.3. The summed E-state index contributed by atoms with van der Waals surface area (Å²) in [5, 5.41) is 12.7. The van der Waals surface area contributed by atoms with E-state index in [9.17, 15) is 9.90 Å². The van der Waals surface area contributed by atoms with Crippen LogP contribution in [0.15, 0.2) is 42.5 Å². The van der Waals surface area contributed by atoms with Crippen LogP contribution in [-0.2, 0) is 19.5 Å². The molecule has 0 radical (unpaired) electrons. The molecule has 2 aromatic rings. The third-order valence-electron chi connectivity index (χ3n) is 3.43. The molecule has 0 unspecified atom stereocenters. The SMILES string of the molecule is O=C(Cc1cccc(O)c1)c1ccc2c(c1)CNC2. The first-order valence-electron chi connectivity index (χ1n) is 6.36. The van der Waals surface area contributed by atoms with E-state index in [4.69, 9.17) is 0 Å². The molecule has 0 saturated carbocycles. The zero-order valence-electron chi connectivity index (χ0n) is 10.5. The molecule has 1 aliphatic rings. The van der Waals surface area contributed by atoms with Crippen molar-refractivity contribution < 1.29 is 9.90 Å². The van der Waals surface area contributed by atoms with Crippen molar-refractivity contribution in [1.82, 2.24) is 5.32 Å². The molecule has 0 saturated heterocycles. The second kappa shape index (κ2) is 4.86. The van der Waals surface area contributed by atoms with Crippen LogP contribution in [-0.4, -0.2) is 10.9 Å². The Morgan fingerprint density at radius 3 is 2.79 bits per heavy atom. The molecule has 0 aliphatic carbocycles. The highest BCUT2D eigenvalue weighted by Crippen LogP contribution is 2.19. The van der Waals surface area contributed by atoms with Crippen LogP contribution < -0.4 is 5.32 Å². The molecule has 1 heterocycles. The highest BCUT2D eigenvalue weighted by molar-refractivity contribution is 5.97. The molecule has 0 fully saturated rings. The number of Topliss-reactive ketones (excluding diaryl/α,β-unsaturated/α-hetero) is 1. The van der Waals surface area contributed by atoms with Gasteiger partial charge in [-0.3, -0.25) is 4.79 Å². The van der Waals surface area contributed by atoms with Crippen LogP contribution >= 0.6 is 0 Å². The molecule has 3 rings (SSSR count). The lowest BCUT2D eigenvalue weighted by Crippen LogP contribution is -2.04. The Morgan fingerprint density at radius 1 is 1.11 bits per heavy atom. The lowest BCUT2D eigenvalue weighted by Gasteiger charge is -2.04. The summed E-state index contributed by atoms with van der Waals surface area (Å²) in [6, 6.07) is 12.7. The summed E-state index contributed by atoms with van der Waals surface area (Å²) >= 11 is 0. The molecule has 2 N–H and O–H groups in total. The topological polar surface area (TPSA) is 49.3 Å². The Labute approximate surface area is 111 Å². The number of hydrogen-bond donors (Lipinski definition) is 2. The van der Waals surface area contributed by atoms with Crippen LogP contribution in [0.2, 0.25) is 0 Å². The van der Waals surface area contributed by atoms with Crippen LogP contribution in [0.5, 0.6) is 5.75 Å². The van der Waals surface area contributed by atoms with E-state index in [0.717, 1.165) is 24.2 Å². The van der Waals surface area contributed by atoms with Gasteiger partial charge in [-0.25, -0.2) is 0 Å². The highest BCUT2D eigenvalue weighted by atomic mass is 16.3. The van der Waals surface area contributed by atoms with Crippen LogP contribution in [0, 0.1) is 0 Å². The standard InChI is InChI=1S/C16H15NO2/c18-15-3-1-2-11(6-15)7-16(19)12-4-5-13-9-17-10-14(13)8-12/h1-6,8,17-18H,7,9-10H2. The molecule has 3 heteroatoms. The summed E-state index contributed by atoms with van der Waals surface area (Å²) in [6.45, 7) is 1.72. The molecule has 1 aliphatic heterocycles. The fourth-order valence-electron chi connectivity index (χ4n) is 2.42. The van der Waals surface area contributed by atoms with Gasteiger partial charge in [-0.2, -0.15) is 0 Å². The van der Waals surface area contributed by atoms with Gasteiger partial charge in [-0.1, -0.05) is 24.3 Å². The van der Waals surface area contributed by atoms with Crippen molar-refractivity contribution in [2.45, 2.75) is 19.5 Å². The van der Waals surface area contributed by atoms with Gasteiger partial charge in [0.05, 0.1) is 0 Å². The van der Waals surface area contributed by atoms with Gasteiger partial charge in [0.25, 0.3) is 0 Å². The van der Waals surface area contributed by atoms with Gasteiger partial charge in [0.2, 0.25) is 0 Å². The van der Waals surface area contributed by atoms with E-state index < -0.39 is 0 Å². The van der Waals surface area contributed by atoms with Gasteiger partial charge in [-0.15, -0.1) is 0 Å². The molecule has 3 nitrogen and oxygen atoms in total. The Balaban J connectivity index is 1.81. The zero-order chi connectivity index (χ0) is 13.2. The third kappa shape index (κ3) is 2.51. The number of carbonyl (C=O) groups excluding carboxylic acids is 1. The van der Waals surface area contributed by atoms with E-state index in [1.807, 2.05) is 24.3 Å². The van der Waals surface area contributed by atoms with Crippen molar-refractivity contribution in [3.05, 3.63) is 64.7 Å². The fraction of sp³-hybridized carbons (Fsp3) is 0.188. The minimum Gasteiger partial charge on any atom is -0.508 e. The van der Waals surface area contributed by atoms with Gasteiger partial charge >= 0.3 is 0 Å². The van der Waals surface area contributed by atoms with Gasteiger partial charge < -0.3 is 10.4 Å². The zero-order valence-corrected chi connectivity index (χ0v) is 10.5. The molecular formula is C16H15NO2. The van der Waals surface area contributed by atoms with E-state index in [1.54, 1.807) is 18.2 Å². The van der Waals surface area contributed by atoms with Crippen molar-refractivity contribution in [1.29, 1.82) is 0 Å². The maximum atomic E-state index is 12.2. The summed E-state index contributed by atoms with van der Waals surface area (Å²) < 4.78 is 0. The number of fused-ring (bicyclic) bond motifs is 1. The van der Waals surface area contributed by atoms with Crippen molar-refractivity contribution in [2.75, 3.05) is 0 Å². The van der Waals surface area contributed by atoms with Gasteiger partial charge in [0, 0.05) is 25.1 Å². The van der Waals surface area contributed by atoms with E-state index in [2.05, 4.69) is 5.32 Å². The maximum absolute atomic E-state index is 12.2. The first kappa shape index (κ1) is 11.9. The Bertz CT molecular complexity index is 634. The van der Waals surface area contributed by atoms with Crippen molar-refractivity contribution in [3.8, 4) is 5.75 Å². The number of hydrogen-bond acceptors (Lipinski definition) is 3. The van der Waals surface area contributed by atoms with Crippen molar-refractivity contribution in [2.24, 2.45) is 0 Å². The minimum absolute atomic E-state index is 0.0836. The van der Waals surface area contributed by atoms with Crippen LogP contribution in [0.4, 0.5) is 0 Å². The molecule has 0 atom stereocenters. The summed E-state index contributed by atoms with van der Waals surface area (Å²) in [6.07, 6.45) is 0.320. The number of nitrogens with one attached hydrogen (secondary N) is 1. The summed E-state index contributed by atoms with van der Waals surface area (Å²) in [5.41, 5.74) is 4.06. The average Bonchev–Trinajstić information content (AvgIpc) is 2.85. The third-order valence-corrected chi connectivity index (χ3v) is 3.43. The smallest absolute Gasteiger partial charge is 0.167 e. The Morgan fingerprint density at radius 2 is 1.95 bits per heavy atom. The van der Waals surface area contributed by atoms with Gasteiger partial charge in [-0.05, 0) is 34.9 Å². The Kier molecular flexibility index (Phi) is 3.05. The lowest BCUT2D eigenvalue weighted by atomic mass is 9.99. The van der Waals surface area contributed by atoms with Crippen LogP contribution in [0.25, 0.3) is 0 Å². The van der Waals surface area contributed by atoms with Gasteiger partial charge in [0.15, 0.2) is 5.78 Å². The maximum Gasteiger partial charge on any atom is 0.167 e. The number of benzene rings is 2. The predicted octanol–water partition coefficient (Wildman–Crippen LogP) is 2.42. The monoisotopic (exact) mass is 253 g/mol. The number of aromatic hydroxyl groups is 1. The molecule has 2 aromatic carbocycles. The van der Waals surface area contributed by atoms with E-state index in [0.29, 0.717) is 6.42 Å². The number of ketones is 1. The first-order valence-corrected chi connectivity index (χ1v) is 6.36. The summed E-state index contributed by atoms with van der Waals surface area (Å²) in [5.74, 6) is 0.281. The van der Waals surface area contributed by atoms with Crippen molar-refractivity contribution >= 4 is 5.78 Å². The second-order valence-corrected chi connectivity index (χ2v) is 4.86. The van der Waals surface area contributed by atoms with E-state index >= 15 is 0 Å². The first-order chi connectivity index (χ1) is 9.22. The quantitative estimate of drug-likeness (QED) is 0.826. The molecule has 19 heavy (non-hydrogen) atoms. The average molecular weight is 253 g/mol. The van der Waals surface area contributed by atoms with Crippen LogP contribution in [0.3, 0.4) is 0 Å². The lowest BCUT2D eigenvalue weighted by molar-refractivity contribution is 0.0993. The summed E-state index contributed by atoms with van der Waals surface area (Å²) in [4.78, 5) is 12.2. The summed E-state index contributed by atoms with van der Waals surface area (Å²) in [7, 11) is 0.